The molecule has 3 rings (SSSR count). The van der Waals surface area contributed by atoms with Crippen molar-refractivity contribution < 1.29 is 9.47 Å². The van der Waals surface area contributed by atoms with Gasteiger partial charge in [0.25, 0.3) is 0 Å². The number of piperidine rings is 1. The van der Waals surface area contributed by atoms with Gasteiger partial charge in [0.15, 0.2) is 5.96 Å². The predicted octanol–water partition coefficient (Wildman–Crippen LogP) is 3.58. The van der Waals surface area contributed by atoms with Crippen LogP contribution in [0.4, 0.5) is 0 Å². The quantitative estimate of drug-likeness (QED) is 0.214. The summed E-state index contributed by atoms with van der Waals surface area (Å²) in [5.74, 6) is 1.48. The summed E-state index contributed by atoms with van der Waals surface area (Å²) in [6.45, 7) is 5.22. The van der Waals surface area contributed by atoms with Gasteiger partial charge < -0.3 is 20.1 Å². The number of nitrogens with one attached hydrogen (secondary N) is 2. The number of aliphatic imine (C=N–C) groups is 1. The Labute approximate surface area is 204 Å². The molecule has 1 aromatic heterocycles. The first-order valence-corrected chi connectivity index (χ1v) is 11.5. The molecule has 1 aliphatic heterocycles. The van der Waals surface area contributed by atoms with Crippen molar-refractivity contribution in [3.63, 3.8) is 0 Å². The lowest BCUT2D eigenvalue weighted by atomic mass is 9.79. The summed E-state index contributed by atoms with van der Waals surface area (Å²) in [7, 11) is 3.50. The summed E-state index contributed by atoms with van der Waals surface area (Å²) < 4.78 is 10.5. The van der Waals surface area contributed by atoms with Crippen molar-refractivity contribution in [3.8, 4) is 5.88 Å². The smallest absolute Gasteiger partial charge is 0.213 e. The van der Waals surface area contributed by atoms with Crippen LogP contribution in [0.2, 0.25) is 0 Å². The van der Waals surface area contributed by atoms with E-state index in [1.807, 2.05) is 25.4 Å². The minimum absolute atomic E-state index is 0. The molecule has 2 N–H and O–H groups in total. The second-order valence-corrected chi connectivity index (χ2v) is 8.46. The summed E-state index contributed by atoms with van der Waals surface area (Å²) in [6.07, 6.45) is 12.6. The van der Waals surface area contributed by atoms with E-state index in [0.717, 1.165) is 18.1 Å². The Morgan fingerprint density at radius 1 is 1.06 bits per heavy atom. The maximum atomic E-state index is 5.53. The number of nitrogens with zero attached hydrogens (tertiary/aromatic N) is 3. The zero-order valence-electron chi connectivity index (χ0n) is 19.2. The summed E-state index contributed by atoms with van der Waals surface area (Å²) >= 11 is 0. The van der Waals surface area contributed by atoms with Crippen molar-refractivity contribution in [3.05, 3.63) is 23.9 Å². The number of methoxy groups -OCH3 is 1. The Morgan fingerprint density at radius 3 is 2.45 bits per heavy atom. The molecule has 2 heterocycles. The lowest BCUT2D eigenvalue weighted by molar-refractivity contribution is 0.0368. The van der Waals surface area contributed by atoms with Crippen molar-refractivity contribution in [2.24, 2.45) is 4.99 Å². The topological polar surface area (TPSA) is 71.0 Å². The molecule has 0 radical (unpaired) electrons. The first-order chi connectivity index (χ1) is 14.8. The minimum Gasteiger partial charge on any atom is -0.475 e. The zero-order valence-corrected chi connectivity index (χ0v) is 21.5. The molecular weight excluding hydrogens is 505 g/mol. The number of aromatic nitrogens is 1. The fourth-order valence-corrected chi connectivity index (χ4v) is 4.67. The van der Waals surface area contributed by atoms with Gasteiger partial charge >= 0.3 is 0 Å². The van der Waals surface area contributed by atoms with Gasteiger partial charge in [0, 0.05) is 45.0 Å². The maximum absolute atomic E-state index is 5.53. The van der Waals surface area contributed by atoms with E-state index in [9.17, 15) is 0 Å². The van der Waals surface area contributed by atoms with Crippen LogP contribution in [-0.4, -0.2) is 68.4 Å². The molecule has 0 spiro atoms. The lowest BCUT2D eigenvalue weighted by Crippen LogP contribution is -2.59. The highest BCUT2D eigenvalue weighted by Gasteiger charge is 2.38. The Hall–Kier alpha value is -1.13. The van der Waals surface area contributed by atoms with Crippen LogP contribution < -0.4 is 15.4 Å². The largest absolute Gasteiger partial charge is 0.475 e. The van der Waals surface area contributed by atoms with Crippen molar-refractivity contribution in [1.29, 1.82) is 0 Å². The van der Waals surface area contributed by atoms with Gasteiger partial charge in [-0.3, -0.25) is 9.89 Å². The van der Waals surface area contributed by atoms with Crippen molar-refractivity contribution in [1.82, 2.24) is 20.5 Å². The average molecular weight is 546 g/mol. The fraction of sp³-hybridized carbons (Fsp3) is 0.739. The molecule has 1 saturated carbocycles. The summed E-state index contributed by atoms with van der Waals surface area (Å²) in [6, 6.07) is 3.93. The van der Waals surface area contributed by atoms with Crippen molar-refractivity contribution in [2.45, 2.75) is 63.5 Å². The molecule has 0 amide bonds. The van der Waals surface area contributed by atoms with Crippen LogP contribution >= 0.6 is 24.0 Å². The van der Waals surface area contributed by atoms with E-state index in [-0.39, 0.29) is 24.0 Å². The third-order valence-corrected chi connectivity index (χ3v) is 6.41. The van der Waals surface area contributed by atoms with Crippen LogP contribution in [-0.2, 0) is 11.3 Å². The minimum atomic E-state index is 0. The van der Waals surface area contributed by atoms with E-state index < -0.39 is 0 Å². The van der Waals surface area contributed by atoms with E-state index in [0.29, 0.717) is 31.2 Å². The number of hydrogen-bond acceptors (Lipinski definition) is 5. The number of guanidine groups is 1. The highest BCUT2D eigenvalue weighted by Crippen LogP contribution is 2.35. The highest BCUT2D eigenvalue weighted by atomic mass is 127. The normalized spacial score (nSPS) is 19.4. The molecule has 1 saturated heterocycles. The van der Waals surface area contributed by atoms with Gasteiger partial charge in [-0.15, -0.1) is 24.0 Å². The molecule has 2 aliphatic rings. The third kappa shape index (κ3) is 8.05. The van der Waals surface area contributed by atoms with Crippen LogP contribution in [0.1, 0.15) is 56.9 Å². The number of likely N-dealkylation sites (tertiary alicyclic amines) is 1. The Bertz CT molecular complexity index is 644. The zero-order chi connectivity index (χ0) is 21.1. The molecule has 1 aromatic rings. The highest BCUT2D eigenvalue weighted by molar-refractivity contribution is 14.0. The van der Waals surface area contributed by atoms with Gasteiger partial charge in [-0.25, -0.2) is 4.98 Å². The van der Waals surface area contributed by atoms with Gasteiger partial charge in [0.2, 0.25) is 5.88 Å². The standard InChI is InChI=1S/C23H39N5O2.HI/c1-24-22(26-18-20-9-10-21(25-17-20)30-16-15-29-2)27-19-23(11-5-3-6-12-23)28-13-7-4-8-14-28;/h9-10,17H,3-8,11-16,18-19H2,1-2H3,(H2,24,26,27);1H. The monoisotopic (exact) mass is 545 g/mol. The number of halogens is 1. The van der Waals surface area contributed by atoms with E-state index in [4.69, 9.17) is 9.47 Å². The van der Waals surface area contributed by atoms with E-state index >= 15 is 0 Å². The first kappa shape index (κ1) is 26.1. The molecule has 0 bridgehead atoms. The van der Waals surface area contributed by atoms with Gasteiger partial charge in [-0.05, 0) is 44.3 Å². The molecular formula is C23H40IN5O2. The second kappa shape index (κ2) is 14.1. The molecule has 31 heavy (non-hydrogen) atoms. The molecule has 1 aliphatic carbocycles. The number of pyridine rings is 1. The molecule has 7 nitrogen and oxygen atoms in total. The van der Waals surface area contributed by atoms with E-state index in [1.54, 1.807) is 7.11 Å². The predicted molar refractivity (Wildman–Crippen MR) is 136 cm³/mol. The van der Waals surface area contributed by atoms with Gasteiger partial charge in [-0.2, -0.15) is 0 Å². The number of hydrogen-bond donors (Lipinski definition) is 2. The summed E-state index contributed by atoms with van der Waals surface area (Å²) in [4.78, 5) is 11.6. The summed E-state index contributed by atoms with van der Waals surface area (Å²) in [5.41, 5.74) is 1.39. The van der Waals surface area contributed by atoms with Crippen LogP contribution in [0.3, 0.4) is 0 Å². The Balaban J connectivity index is 0.00000341. The summed E-state index contributed by atoms with van der Waals surface area (Å²) in [5, 5.41) is 7.07. The molecule has 2 fully saturated rings. The van der Waals surface area contributed by atoms with Gasteiger partial charge in [0.05, 0.1) is 6.61 Å². The fourth-order valence-electron chi connectivity index (χ4n) is 4.67. The molecule has 176 valence electrons. The molecule has 0 unspecified atom stereocenters. The number of rotatable bonds is 9. The number of ether oxygens (including phenoxy) is 2. The van der Waals surface area contributed by atoms with Gasteiger partial charge in [-0.1, -0.05) is 31.7 Å². The van der Waals surface area contributed by atoms with Crippen LogP contribution in [0.25, 0.3) is 0 Å². The molecule has 8 heteroatoms. The lowest BCUT2D eigenvalue weighted by Gasteiger charge is -2.48. The Kier molecular flexibility index (Phi) is 11.9. The van der Waals surface area contributed by atoms with E-state index in [1.165, 1.54) is 64.5 Å². The first-order valence-electron chi connectivity index (χ1n) is 11.5. The second-order valence-electron chi connectivity index (χ2n) is 8.46. The SMILES string of the molecule is CN=C(NCc1ccc(OCCOC)nc1)NCC1(N2CCCCC2)CCCCC1.I. The average Bonchev–Trinajstić information content (AvgIpc) is 2.81. The maximum Gasteiger partial charge on any atom is 0.213 e. The van der Waals surface area contributed by atoms with E-state index in [2.05, 4.69) is 25.5 Å². The van der Waals surface area contributed by atoms with Crippen molar-refractivity contribution in [2.75, 3.05) is 47.0 Å². The Morgan fingerprint density at radius 2 is 1.81 bits per heavy atom. The van der Waals surface area contributed by atoms with Crippen molar-refractivity contribution >= 4 is 29.9 Å². The molecule has 0 aromatic carbocycles. The van der Waals surface area contributed by atoms with Crippen LogP contribution in [0.15, 0.2) is 23.3 Å². The van der Waals surface area contributed by atoms with Crippen LogP contribution in [0.5, 0.6) is 5.88 Å². The van der Waals surface area contributed by atoms with Gasteiger partial charge in [0.1, 0.15) is 6.61 Å². The molecule has 0 atom stereocenters. The van der Waals surface area contributed by atoms with Crippen LogP contribution in [0, 0.1) is 0 Å². The third-order valence-electron chi connectivity index (χ3n) is 6.41.